The normalized spacial score (nSPS) is 12.2. The minimum absolute atomic E-state index is 0.0760. The average Bonchev–Trinajstić information content (AvgIpc) is 2.24. The zero-order valence-corrected chi connectivity index (χ0v) is 9.25. The highest BCUT2D eigenvalue weighted by atomic mass is 16.5. The summed E-state index contributed by atoms with van der Waals surface area (Å²) in [5.74, 6) is -1.38. The summed E-state index contributed by atoms with van der Waals surface area (Å²) < 4.78 is 4.69. The van der Waals surface area contributed by atoms with Crippen molar-refractivity contribution in [2.24, 2.45) is 0 Å². The summed E-state index contributed by atoms with van der Waals surface area (Å²) in [6.07, 6.45) is -1.15. The fourth-order valence-electron chi connectivity index (χ4n) is 1.31. The topological polar surface area (TPSA) is 107 Å². The molecule has 0 radical (unpaired) electrons. The number of phenols is 2. The van der Waals surface area contributed by atoms with Crippen molar-refractivity contribution in [2.45, 2.75) is 13.0 Å². The summed E-state index contributed by atoms with van der Waals surface area (Å²) in [5.41, 5.74) is 0.277. The molecule has 1 aromatic carbocycles. The third-order valence-corrected chi connectivity index (χ3v) is 2.12. The summed E-state index contributed by atoms with van der Waals surface area (Å²) in [6.45, 7) is 0.640. The Morgan fingerprint density at radius 2 is 2.06 bits per heavy atom. The van der Waals surface area contributed by atoms with Crippen molar-refractivity contribution < 1.29 is 30.0 Å². The van der Waals surface area contributed by atoms with Crippen LogP contribution in [0.5, 0.6) is 11.5 Å². The van der Waals surface area contributed by atoms with Crippen molar-refractivity contribution in [3.05, 3.63) is 23.3 Å². The van der Waals surface area contributed by atoms with Crippen LogP contribution in [0.15, 0.2) is 12.1 Å². The molecule has 0 spiro atoms. The zero-order valence-electron chi connectivity index (χ0n) is 9.25. The molecule has 0 aliphatic heterocycles. The Morgan fingerprint density at radius 1 is 1.41 bits per heavy atom. The highest BCUT2D eigenvalue weighted by Crippen LogP contribution is 2.27. The van der Waals surface area contributed by atoms with Gasteiger partial charge in [0.2, 0.25) is 0 Å². The Balaban J connectivity index is 2.82. The molecule has 0 fully saturated rings. The third-order valence-electron chi connectivity index (χ3n) is 2.12. The van der Waals surface area contributed by atoms with Crippen LogP contribution in [0.3, 0.4) is 0 Å². The predicted molar refractivity (Wildman–Crippen MR) is 57.9 cm³/mol. The lowest BCUT2D eigenvalue weighted by atomic mass is 10.1. The summed E-state index contributed by atoms with van der Waals surface area (Å²) in [7, 11) is 0. The molecule has 1 rings (SSSR count). The van der Waals surface area contributed by atoms with E-state index in [1.807, 2.05) is 0 Å². The Labute approximate surface area is 97.7 Å². The second-order valence-electron chi connectivity index (χ2n) is 3.59. The fraction of sp³-hybridized carbons (Fsp3) is 0.364. The fourth-order valence-corrected chi connectivity index (χ4v) is 1.31. The quantitative estimate of drug-likeness (QED) is 0.550. The van der Waals surface area contributed by atoms with E-state index in [1.165, 1.54) is 13.0 Å². The van der Waals surface area contributed by atoms with Gasteiger partial charge in [-0.25, -0.2) is 4.79 Å². The lowest BCUT2D eigenvalue weighted by Gasteiger charge is -2.11. The van der Waals surface area contributed by atoms with E-state index in [0.29, 0.717) is 5.56 Å². The van der Waals surface area contributed by atoms with Gasteiger partial charge in [-0.05, 0) is 18.6 Å². The second kappa shape index (κ2) is 5.51. The average molecular weight is 242 g/mol. The van der Waals surface area contributed by atoms with E-state index in [0.717, 1.165) is 6.07 Å². The smallest absolute Gasteiger partial charge is 0.342 e. The number of rotatable bonds is 4. The van der Waals surface area contributed by atoms with Gasteiger partial charge in [-0.1, -0.05) is 0 Å². The number of ether oxygens (including phenoxy) is 1. The molecule has 6 heteroatoms. The largest absolute Gasteiger partial charge is 0.508 e. The summed E-state index contributed by atoms with van der Waals surface area (Å²) in [5, 5.41) is 36.2. The molecule has 0 unspecified atom stereocenters. The number of esters is 1. The first-order chi connectivity index (χ1) is 7.95. The van der Waals surface area contributed by atoms with Crippen molar-refractivity contribution >= 4 is 5.97 Å². The molecule has 1 atom stereocenters. The number of aliphatic hydroxyl groups is 2. The van der Waals surface area contributed by atoms with Gasteiger partial charge in [0.25, 0.3) is 0 Å². The van der Waals surface area contributed by atoms with E-state index in [4.69, 9.17) is 14.9 Å². The molecule has 4 N–H and O–H groups in total. The molecule has 94 valence electrons. The highest BCUT2D eigenvalue weighted by molar-refractivity contribution is 5.94. The second-order valence-corrected chi connectivity index (χ2v) is 3.59. The monoisotopic (exact) mass is 242 g/mol. The van der Waals surface area contributed by atoms with Crippen LogP contribution < -0.4 is 0 Å². The Bertz CT molecular complexity index is 391. The van der Waals surface area contributed by atoms with Gasteiger partial charge in [-0.3, -0.25) is 0 Å². The number of carbonyl (C=O) groups is 1. The highest BCUT2D eigenvalue weighted by Gasteiger charge is 2.18. The predicted octanol–water partition coefficient (Wildman–Crippen LogP) is -0.0838. The van der Waals surface area contributed by atoms with Crippen LogP contribution in [0.1, 0.15) is 15.9 Å². The maximum absolute atomic E-state index is 11.6. The molecule has 17 heavy (non-hydrogen) atoms. The van der Waals surface area contributed by atoms with Crippen LogP contribution in [0.2, 0.25) is 0 Å². The van der Waals surface area contributed by atoms with E-state index in [9.17, 15) is 15.0 Å². The van der Waals surface area contributed by atoms with E-state index >= 15 is 0 Å². The number of carbonyl (C=O) groups excluding carboxylic acids is 1. The number of aryl methyl sites for hydroxylation is 1. The number of benzene rings is 1. The van der Waals surface area contributed by atoms with Gasteiger partial charge in [-0.2, -0.15) is 0 Å². The van der Waals surface area contributed by atoms with Gasteiger partial charge >= 0.3 is 5.97 Å². The van der Waals surface area contributed by atoms with E-state index in [1.54, 1.807) is 0 Å². The van der Waals surface area contributed by atoms with Gasteiger partial charge in [-0.15, -0.1) is 0 Å². The molecule has 0 aliphatic rings. The molecule has 0 aliphatic carbocycles. The van der Waals surface area contributed by atoms with Crippen molar-refractivity contribution in [3.8, 4) is 11.5 Å². The van der Waals surface area contributed by atoms with Crippen molar-refractivity contribution in [1.82, 2.24) is 0 Å². The first-order valence-corrected chi connectivity index (χ1v) is 4.94. The lowest BCUT2D eigenvalue weighted by Crippen LogP contribution is -2.22. The maximum Gasteiger partial charge on any atom is 0.342 e. The Morgan fingerprint density at radius 3 is 2.59 bits per heavy atom. The number of aromatic hydroxyl groups is 2. The van der Waals surface area contributed by atoms with Crippen LogP contribution in [0, 0.1) is 6.92 Å². The number of aliphatic hydroxyl groups excluding tert-OH is 2. The van der Waals surface area contributed by atoms with E-state index in [2.05, 4.69) is 0 Å². The van der Waals surface area contributed by atoms with Crippen LogP contribution >= 0.6 is 0 Å². The number of phenolic OH excluding ortho intramolecular Hbond substituents is 2. The minimum atomic E-state index is -1.15. The molecule has 0 heterocycles. The maximum atomic E-state index is 11.6. The number of hydrogen-bond donors (Lipinski definition) is 4. The first kappa shape index (κ1) is 13.3. The lowest BCUT2D eigenvalue weighted by molar-refractivity contribution is 0.00907. The molecular formula is C11H14O6. The zero-order chi connectivity index (χ0) is 13.0. The number of hydrogen-bond acceptors (Lipinski definition) is 6. The van der Waals surface area contributed by atoms with Crippen LogP contribution in [-0.2, 0) is 4.74 Å². The van der Waals surface area contributed by atoms with E-state index in [-0.39, 0.29) is 17.9 Å². The molecule has 0 saturated carbocycles. The van der Waals surface area contributed by atoms with Gasteiger partial charge in [0, 0.05) is 6.07 Å². The molecule has 0 amide bonds. The van der Waals surface area contributed by atoms with Crippen LogP contribution in [0.4, 0.5) is 0 Å². The van der Waals surface area contributed by atoms with Crippen LogP contribution in [-0.4, -0.2) is 45.7 Å². The van der Waals surface area contributed by atoms with E-state index < -0.39 is 24.4 Å². The molecule has 0 saturated heterocycles. The van der Waals surface area contributed by atoms with Crippen LogP contribution in [0.25, 0.3) is 0 Å². The summed E-state index contributed by atoms with van der Waals surface area (Å²) in [6, 6.07) is 2.32. The SMILES string of the molecule is Cc1cc(O)cc(O)c1C(=O)OC[C@@H](O)CO. The molecule has 0 aromatic heterocycles. The Hall–Kier alpha value is -1.79. The first-order valence-electron chi connectivity index (χ1n) is 4.94. The minimum Gasteiger partial charge on any atom is -0.508 e. The molecular weight excluding hydrogens is 228 g/mol. The van der Waals surface area contributed by atoms with Crippen molar-refractivity contribution in [1.29, 1.82) is 0 Å². The molecule has 6 nitrogen and oxygen atoms in total. The van der Waals surface area contributed by atoms with Gasteiger partial charge < -0.3 is 25.2 Å². The third kappa shape index (κ3) is 3.33. The van der Waals surface area contributed by atoms with Gasteiger partial charge in [0.05, 0.1) is 6.61 Å². The molecule has 1 aromatic rings. The summed E-state index contributed by atoms with van der Waals surface area (Å²) >= 11 is 0. The standard InChI is InChI=1S/C11H14O6/c1-6-2-7(13)3-9(15)10(6)11(16)17-5-8(14)4-12/h2-3,8,12-15H,4-5H2,1H3/t8-/m0/s1. The Kier molecular flexibility index (Phi) is 4.30. The molecule has 0 bridgehead atoms. The summed E-state index contributed by atoms with van der Waals surface area (Å²) in [4.78, 5) is 11.6. The van der Waals surface area contributed by atoms with Crippen molar-refractivity contribution in [3.63, 3.8) is 0 Å². The van der Waals surface area contributed by atoms with Gasteiger partial charge in [0.1, 0.15) is 29.8 Å². The van der Waals surface area contributed by atoms with Gasteiger partial charge in [0.15, 0.2) is 0 Å². The van der Waals surface area contributed by atoms with Crippen molar-refractivity contribution in [2.75, 3.05) is 13.2 Å².